The van der Waals surface area contributed by atoms with Crippen molar-refractivity contribution >= 4 is 17.6 Å². The Bertz CT molecular complexity index is 549. The Morgan fingerprint density at radius 1 is 0.905 bits per heavy atom. The summed E-state index contributed by atoms with van der Waals surface area (Å²) in [5, 5.41) is 0. The van der Waals surface area contributed by atoms with Crippen LogP contribution in [0.1, 0.15) is 43.9 Å². The third kappa shape index (κ3) is 5.84. The van der Waals surface area contributed by atoms with Gasteiger partial charge in [0.25, 0.3) is 0 Å². The zero-order valence-electron chi connectivity index (χ0n) is 13.9. The van der Waals surface area contributed by atoms with E-state index in [9.17, 15) is 0 Å². The molecule has 0 aliphatic heterocycles. The van der Waals surface area contributed by atoms with Gasteiger partial charge in [-0.2, -0.15) is 0 Å². The van der Waals surface area contributed by atoms with Crippen LogP contribution in [0.4, 0.5) is 5.69 Å². The van der Waals surface area contributed by atoms with Crippen molar-refractivity contribution in [2.45, 2.75) is 52.4 Å². The predicted molar refractivity (Wildman–Crippen MR) is 97.2 cm³/mol. The molecule has 0 radical (unpaired) electrons. The van der Waals surface area contributed by atoms with E-state index in [0.717, 1.165) is 12.1 Å². The SMILES string of the molecule is CCC.CCc1ccc(NSc2ccccc2C)cc1C. The minimum absolute atomic E-state index is 1.09. The largest absolute Gasteiger partial charge is 0.326 e. The third-order valence-corrected chi connectivity index (χ3v) is 4.11. The summed E-state index contributed by atoms with van der Waals surface area (Å²) in [5.41, 5.74) is 5.24. The molecule has 2 aromatic rings. The van der Waals surface area contributed by atoms with E-state index in [4.69, 9.17) is 0 Å². The lowest BCUT2D eigenvalue weighted by Gasteiger charge is -2.10. The van der Waals surface area contributed by atoms with Gasteiger partial charge in [0.1, 0.15) is 0 Å². The molecule has 0 bridgehead atoms. The van der Waals surface area contributed by atoms with Crippen LogP contribution in [-0.4, -0.2) is 0 Å². The van der Waals surface area contributed by atoms with Gasteiger partial charge in [0.05, 0.1) is 0 Å². The predicted octanol–water partition coefficient (Wildman–Crippen LogP) is 6.40. The first-order valence-electron chi connectivity index (χ1n) is 7.70. The summed E-state index contributed by atoms with van der Waals surface area (Å²) < 4.78 is 3.41. The summed E-state index contributed by atoms with van der Waals surface area (Å²) in [6.07, 6.45) is 2.34. The van der Waals surface area contributed by atoms with Crippen molar-refractivity contribution in [3.8, 4) is 0 Å². The maximum atomic E-state index is 3.41. The first-order chi connectivity index (χ1) is 10.1. The standard InChI is InChI=1S/C16H19NS.C3H8/c1-4-14-9-10-15(11-13(14)3)17-18-16-8-6-5-7-12(16)2;1-3-2/h5-11,17H,4H2,1-3H3;3H2,1-2H3. The van der Waals surface area contributed by atoms with E-state index in [2.05, 4.69) is 81.8 Å². The maximum absolute atomic E-state index is 3.41. The molecule has 0 fully saturated rings. The molecular formula is C19H27NS. The van der Waals surface area contributed by atoms with Gasteiger partial charge in [-0.15, -0.1) is 0 Å². The molecule has 0 heterocycles. The minimum atomic E-state index is 1.09. The van der Waals surface area contributed by atoms with Crippen LogP contribution in [0.2, 0.25) is 0 Å². The highest BCUT2D eigenvalue weighted by Crippen LogP contribution is 2.25. The lowest BCUT2D eigenvalue weighted by Crippen LogP contribution is -1.92. The quantitative estimate of drug-likeness (QED) is 0.656. The van der Waals surface area contributed by atoms with Gasteiger partial charge in [-0.05, 0) is 67.1 Å². The Labute approximate surface area is 134 Å². The van der Waals surface area contributed by atoms with Gasteiger partial charge in [-0.25, -0.2) is 0 Å². The Kier molecular flexibility index (Phi) is 7.99. The lowest BCUT2D eigenvalue weighted by molar-refractivity contribution is 1.09. The van der Waals surface area contributed by atoms with E-state index >= 15 is 0 Å². The van der Waals surface area contributed by atoms with Gasteiger partial charge in [0.15, 0.2) is 0 Å². The summed E-state index contributed by atoms with van der Waals surface area (Å²) in [7, 11) is 0. The summed E-state index contributed by atoms with van der Waals surface area (Å²) in [6, 6.07) is 15.0. The monoisotopic (exact) mass is 301 g/mol. The minimum Gasteiger partial charge on any atom is -0.326 e. The zero-order chi connectivity index (χ0) is 15.7. The molecule has 2 heteroatoms. The van der Waals surface area contributed by atoms with Crippen LogP contribution in [-0.2, 0) is 6.42 Å². The van der Waals surface area contributed by atoms with Crippen LogP contribution in [0.5, 0.6) is 0 Å². The third-order valence-electron chi connectivity index (χ3n) is 3.10. The lowest BCUT2D eigenvalue weighted by atomic mass is 10.1. The van der Waals surface area contributed by atoms with Gasteiger partial charge in [-0.1, -0.05) is 51.5 Å². The molecule has 0 saturated carbocycles. The van der Waals surface area contributed by atoms with Gasteiger partial charge < -0.3 is 4.72 Å². The van der Waals surface area contributed by atoms with Crippen LogP contribution in [0.25, 0.3) is 0 Å². The van der Waals surface area contributed by atoms with Crippen LogP contribution in [0.15, 0.2) is 47.4 Å². The van der Waals surface area contributed by atoms with Crippen molar-refractivity contribution in [1.82, 2.24) is 0 Å². The molecule has 114 valence electrons. The van der Waals surface area contributed by atoms with Crippen molar-refractivity contribution in [2.24, 2.45) is 0 Å². The first-order valence-corrected chi connectivity index (χ1v) is 8.52. The van der Waals surface area contributed by atoms with Crippen molar-refractivity contribution in [3.63, 3.8) is 0 Å². The molecule has 2 aromatic carbocycles. The van der Waals surface area contributed by atoms with Crippen LogP contribution < -0.4 is 4.72 Å². The zero-order valence-corrected chi connectivity index (χ0v) is 14.7. The molecule has 0 saturated heterocycles. The van der Waals surface area contributed by atoms with Crippen LogP contribution >= 0.6 is 11.9 Å². The highest BCUT2D eigenvalue weighted by atomic mass is 32.2. The molecule has 2 rings (SSSR count). The van der Waals surface area contributed by atoms with Gasteiger partial charge in [-0.3, -0.25) is 0 Å². The number of benzene rings is 2. The van der Waals surface area contributed by atoms with Crippen LogP contribution in [0, 0.1) is 13.8 Å². The van der Waals surface area contributed by atoms with E-state index in [-0.39, 0.29) is 0 Å². The van der Waals surface area contributed by atoms with Crippen molar-refractivity contribution < 1.29 is 0 Å². The number of anilines is 1. The Morgan fingerprint density at radius 2 is 1.57 bits per heavy atom. The molecule has 0 aromatic heterocycles. The Hall–Kier alpha value is -1.41. The molecule has 0 aliphatic rings. The van der Waals surface area contributed by atoms with Crippen LogP contribution in [0.3, 0.4) is 0 Å². The molecule has 0 aliphatic carbocycles. The maximum Gasteiger partial charge on any atom is 0.0446 e. The summed E-state index contributed by atoms with van der Waals surface area (Å²) in [6.45, 7) is 10.7. The Morgan fingerprint density at radius 3 is 2.14 bits per heavy atom. The number of aryl methyl sites for hydroxylation is 3. The van der Waals surface area contributed by atoms with E-state index in [0.29, 0.717) is 0 Å². The van der Waals surface area contributed by atoms with Gasteiger partial charge >= 0.3 is 0 Å². The second-order valence-electron chi connectivity index (χ2n) is 5.17. The normalized spacial score (nSPS) is 9.76. The van der Waals surface area contributed by atoms with Gasteiger partial charge in [0.2, 0.25) is 0 Å². The average molecular weight is 301 g/mol. The topological polar surface area (TPSA) is 12.0 Å². The summed E-state index contributed by atoms with van der Waals surface area (Å²) in [4.78, 5) is 1.27. The van der Waals surface area contributed by atoms with Crippen molar-refractivity contribution in [2.75, 3.05) is 4.72 Å². The molecule has 0 atom stereocenters. The fraction of sp³-hybridized carbons (Fsp3) is 0.368. The number of nitrogens with one attached hydrogen (secondary N) is 1. The molecule has 0 unspecified atom stereocenters. The highest BCUT2D eigenvalue weighted by molar-refractivity contribution is 8.00. The molecule has 0 amide bonds. The number of hydrogen-bond acceptors (Lipinski definition) is 2. The molecule has 1 N–H and O–H groups in total. The van der Waals surface area contributed by atoms with Crippen molar-refractivity contribution in [3.05, 3.63) is 59.2 Å². The summed E-state index contributed by atoms with van der Waals surface area (Å²) >= 11 is 1.67. The Balaban J connectivity index is 0.000000677. The average Bonchev–Trinajstić information content (AvgIpc) is 2.47. The fourth-order valence-electron chi connectivity index (χ4n) is 1.94. The van der Waals surface area contributed by atoms with E-state index in [1.54, 1.807) is 11.9 Å². The second-order valence-corrected chi connectivity index (χ2v) is 6.02. The molecule has 1 nitrogen and oxygen atoms in total. The summed E-state index contributed by atoms with van der Waals surface area (Å²) in [5.74, 6) is 0. The van der Waals surface area contributed by atoms with E-state index in [1.807, 2.05) is 0 Å². The second kappa shape index (κ2) is 9.51. The smallest absolute Gasteiger partial charge is 0.0446 e. The van der Waals surface area contributed by atoms with Gasteiger partial charge in [0, 0.05) is 10.6 Å². The highest BCUT2D eigenvalue weighted by Gasteiger charge is 2.00. The van der Waals surface area contributed by atoms with Crippen molar-refractivity contribution in [1.29, 1.82) is 0 Å². The molecular weight excluding hydrogens is 274 g/mol. The molecule has 21 heavy (non-hydrogen) atoms. The molecule has 0 spiro atoms. The number of rotatable bonds is 4. The fourth-order valence-corrected chi connectivity index (χ4v) is 2.67. The van der Waals surface area contributed by atoms with E-state index < -0.39 is 0 Å². The number of hydrogen-bond donors (Lipinski definition) is 1. The first kappa shape index (κ1) is 17.6. The van der Waals surface area contributed by atoms with E-state index in [1.165, 1.54) is 28.0 Å².